The quantitative estimate of drug-likeness (QED) is 0.309. The van der Waals surface area contributed by atoms with Crippen LogP contribution in [0, 0.1) is 12.7 Å². The molecular weight excluding hydrogens is 490 g/mol. The van der Waals surface area contributed by atoms with Crippen LogP contribution in [-0.2, 0) is 0 Å². The second-order valence-electron chi connectivity index (χ2n) is 8.33. The van der Waals surface area contributed by atoms with Crippen molar-refractivity contribution in [3.63, 3.8) is 0 Å². The van der Waals surface area contributed by atoms with Gasteiger partial charge in [0.05, 0.1) is 36.8 Å². The van der Waals surface area contributed by atoms with Crippen molar-refractivity contribution in [1.29, 1.82) is 0 Å². The third kappa shape index (κ3) is 5.40. The van der Waals surface area contributed by atoms with E-state index in [2.05, 4.69) is 22.0 Å². The van der Waals surface area contributed by atoms with E-state index in [1.807, 2.05) is 0 Å². The summed E-state index contributed by atoms with van der Waals surface area (Å²) in [5, 5.41) is 7.40. The highest BCUT2D eigenvalue weighted by Gasteiger charge is 2.26. The molecule has 0 bridgehead atoms. The Balaban J connectivity index is 1.86. The minimum absolute atomic E-state index is 0.260. The van der Waals surface area contributed by atoms with Crippen molar-refractivity contribution in [2.75, 3.05) is 19.0 Å². The molecule has 3 N–H and O–H groups in total. The molecule has 2 aromatic heterocycles. The van der Waals surface area contributed by atoms with Crippen LogP contribution < -0.4 is 15.8 Å². The summed E-state index contributed by atoms with van der Waals surface area (Å²) in [5.41, 5.74) is 8.99. The Hall–Kier alpha value is -4.41. The molecule has 0 unspecified atom stereocenters. The van der Waals surface area contributed by atoms with Gasteiger partial charge >= 0.3 is 6.18 Å². The van der Waals surface area contributed by atoms with E-state index in [1.165, 1.54) is 42.1 Å². The van der Waals surface area contributed by atoms with Crippen LogP contribution in [0.25, 0.3) is 22.5 Å². The average molecular weight is 513 g/mol. The molecule has 0 atom stereocenters. The Morgan fingerprint density at radius 2 is 1.92 bits per heavy atom. The molecule has 0 fully saturated rings. The van der Waals surface area contributed by atoms with Crippen molar-refractivity contribution < 1.29 is 27.1 Å². The number of hydrogen-bond acceptors (Lipinski definition) is 5. The van der Waals surface area contributed by atoms with E-state index in [1.54, 1.807) is 25.1 Å². The Kier molecular flexibility index (Phi) is 6.88. The summed E-state index contributed by atoms with van der Waals surface area (Å²) in [6.45, 7) is 5.38. The highest BCUT2D eigenvalue weighted by atomic mass is 19.4. The number of imidazole rings is 1. The van der Waals surface area contributed by atoms with Gasteiger partial charge in [-0.2, -0.15) is 18.3 Å². The maximum absolute atomic E-state index is 14.0. The Bertz CT molecular complexity index is 1510. The normalized spacial score (nSPS) is 11.5. The van der Waals surface area contributed by atoms with Crippen LogP contribution in [0.15, 0.2) is 55.2 Å². The summed E-state index contributed by atoms with van der Waals surface area (Å²) in [5.74, 6) is -0.739. The van der Waals surface area contributed by atoms with Gasteiger partial charge in [-0.3, -0.25) is 4.79 Å². The van der Waals surface area contributed by atoms with Crippen molar-refractivity contribution >= 4 is 22.8 Å². The number of amides is 1. The maximum Gasteiger partial charge on any atom is 0.390 e. The number of fused-ring (bicyclic) bond motifs is 1. The first-order valence-corrected chi connectivity index (χ1v) is 11.1. The summed E-state index contributed by atoms with van der Waals surface area (Å²) in [6, 6.07) is 10.4. The lowest BCUT2D eigenvalue weighted by Crippen LogP contribution is -2.15. The van der Waals surface area contributed by atoms with Crippen LogP contribution >= 0.6 is 0 Å². The van der Waals surface area contributed by atoms with Gasteiger partial charge in [-0.05, 0) is 48.9 Å². The molecule has 0 aliphatic rings. The van der Waals surface area contributed by atoms with Crippen LogP contribution in [0.2, 0.25) is 0 Å². The number of halogens is 4. The molecule has 0 saturated carbocycles. The number of ether oxygens (including phenoxy) is 1. The van der Waals surface area contributed by atoms with E-state index in [9.17, 15) is 22.4 Å². The number of alkyl halides is 3. The van der Waals surface area contributed by atoms with E-state index in [0.29, 0.717) is 33.7 Å². The van der Waals surface area contributed by atoms with Crippen LogP contribution in [0.1, 0.15) is 33.6 Å². The molecule has 7 nitrogen and oxygen atoms in total. The molecule has 1 amide bonds. The number of aryl methyl sites for hydroxylation is 1. The van der Waals surface area contributed by atoms with E-state index in [0.717, 1.165) is 0 Å². The Labute approximate surface area is 209 Å². The number of anilines is 1. The van der Waals surface area contributed by atoms with E-state index < -0.39 is 30.9 Å². The SMILES string of the molecule is C=C(c1cc(NCCC(F)(F)F)c2ncc(-c3ccc(C(N)=O)c(C)c3)n2n1)c1cc(F)ccc1OC. The summed E-state index contributed by atoms with van der Waals surface area (Å²) >= 11 is 0. The van der Waals surface area contributed by atoms with Crippen LogP contribution in [0.4, 0.5) is 23.2 Å². The molecule has 2 heterocycles. The first kappa shape index (κ1) is 25.7. The number of carbonyl (C=O) groups excluding carboxylic acids is 1. The molecule has 0 aliphatic heterocycles. The van der Waals surface area contributed by atoms with E-state index in [-0.39, 0.29) is 22.6 Å². The zero-order valence-corrected chi connectivity index (χ0v) is 20.0. The number of benzene rings is 2. The first-order valence-electron chi connectivity index (χ1n) is 11.1. The van der Waals surface area contributed by atoms with Crippen molar-refractivity contribution in [1.82, 2.24) is 14.6 Å². The van der Waals surface area contributed by atoms with E-state index in [4.69, 9.17) is 10.5 Å². The van der Waals surface area contributed by atoms with Gasteiger partial charge in [-0.15, -0.1) is 0 Å². The van der Waals surface area contributed by atoms with E-state index >= 15 is 0 Å². The number of carbonyl (C=O) groups is 1. The van der Waals surface area contributed by atoms with Crippen molar-refractivity contribution in [2.24, 2.45) is 5.73 Å². The van der Waals surface area contributed by atoms with Gasteiger partial charge in [-0.1, -0.05) is 12.6 Å². The third-order valence-electron chi connectivity index (χ3n) is 5.78. The maximum atomic E-state index is 14.0. The van der Waals surface area contributed by atoms with Gasteiger partial charge in [0.1, 0.15) is 11.6 Å². The lowest BCUT2D eigenvalue weighted by Gasteiger charge is -2.15. The predicted molar refractivity (Wildman–Crippen MR) is 132 cm³/mol. The summed E-state index contributed by atoms with van der Waals surface area (Å²) < 4.78 is 59.3. The number of nitrogens with two attached hydrogens (primary N) is 1. The number of hydrogen-bond donors (Lipinski definition) is 2. The lowest BCUT2D eigenvalue weighted by atomic mass is 10.0. The lowest BCUT2D eigenvalue weighted by molar-refractivity contribution is -0.131. The Morgan fingerprint density at radius 1 is 1.16 bits per heavy atom. The van der Waals surface area contributed by atoms with Gasteiger partial charge < -0.3 is 15.8 Å². The molecule has 4 aromatic rings. The molecule has 11 heteroatoms. The smallest absolute Gasteiger partial charge is 0.390 e. The number of rotatable bonds is 8. The Morgan fingerprint density at radius 3 is 2.57 bits per heavy atom. The standard InChI is InChI=1S/C26H23F4N5O2/c1-14-10-16(4-6-18(14)24(31)36)22-13-33-25-21(32-9-8-26(28,29)30)12-20(34-35(22)25)15(2)19-11-17(27)5-7-23(19)37-3/h4-7,10-13,32H,2,8-9H2,1,3H3,(H2,31,36). The fourth-order valence-corrected chi connectivity index (χ4v) is 3.94. The molecule has 37 heavy (non-hydrogen) atoms. The topological polar surface area (TPSA) is 94.5 Å². The van der Waals surface area contributed by atoms with Crippen molar-refractivity contribution in [2.45, 2.75) is 19.5 Å². The number of nitrogens with zero attached hydrogens (tertiary/aromatic N) is 3. The molecule has 0 saturated heterocycles. The minimum atomic E-state index is -4.35. The zero-order chi connectivity index (χ0) is 26.9. The van der Waals surface area contributed by atoms with Gasteiger partial charge in [0.25, 0.3) is 0 Å². The fraction of sp³-hybridized carbons (Fsp3) is 0.192. The minimum Gasteiger partial charge on any atom is -0.496 e. The van der Waals surface area contributed by atoms with Gasteiger partial charge in [0.2, 0.25) is 5.91 Å². The third-order valence-corrected chi connectivity index (χ3v) is 5.78. The van der Waals surface area contributed by atoms with Crippen molar-refractivity contribution in [3.8, 4) is 17.0 Å². The largest absolute Gasteiger partial charge is 0.496 e. The molecule has 0 aliphatic carbocycles. The highest BCUT2D eigenvalue weighted by Crippen LogP contribution is 2.33. The first-order chi connectivity index (χ1) is 17.5. The highest BCUT2D eigenvalue weighted by molar-refractivity contribution is 5.95. The molecule has 0 radical (unpaired) electrons. The number of methoxy groups -OCH3 is 1. The zero-order valence-electron chi connectivity index (χ0n) is 20.0. The number of nitrogens with one attached hydrogen (secondary N) is 1. The summed E-state index contributed by atoms with van der Waals surface area (Å²) in [4.78, 5) is 16.0. The monoisotopic (exact) mass is 513 g/mol. The molecule has 2 aromatic carbocycles. The second kappa shape index (κ2) is 9.92. The van der Waals surface area contributed by atoms with Gasteiger partial charge in [0.15, 0.2) is 5.65 Å². The fourth-order valence-electron chi connectivity index (χ4n) is 3.94. The molecule has 192 valence electrons. The summed E-state index contributed by atoms with van der Waals surface area (Å²) in [7, 11) is 1.43. The predicted octanol–water partition coefficient (Wildman–Crippen LogP) is 5.38. The van der Waals surface area contributed by atoms with Gasteiger partial charge in [0, 0.05) is 28.8 Å². The second-order valence-corrected chi connectivity index (χ2v) is 8.33. The number of primary amides is 1. The molecule has 0 spiro atoms. The van der Waals surface area contributed by atoms with Crippen LogP contribution in [-0.4, -0.2) is 40.3 Å². The summed E-state index contributed by atoms with van der Waals surface area (Å²) in [6.07, 6.45) is -3.89. The number of aromatic nitrogens is 3. The van der Waals surface area contributed by atoms with Gasteiger partial charge in [-0.25, -0.2) is 13.9 Å². The molecule has 4 rings (SSSR count). The average Bonchev–Trinajstić information content (AvgIpc) is 3.26. The van der Waals surface area contributed by atoms with Crippen LogP contribution in [0.3, 0.4) is 0 Å². The molecular formula is C26H23F4N5O2. The van der Waals surface area contributed by atoms with Crippen molar-refractivity contribution in [3.05, 3.63) is 83.4 Å². The van der Waals surface area contributed by atoms with Crippen LogP contribution in [0.5, 0.6) is 5.75 Å².